The summed E-state index contributed by atoms with van der Waals surface area (Å²) >= 11 is 3.44. The summed E-state index contributed by atoms with van der Waals surface area (Å²) in [7, 11) is 3.15. The van der Waals surface area contributed by atoms with Crippen LogP contribution in [0.3, 0.4) is 0 Å². The number of methoxy groups -OCH3 is 1. The first-order valence-electron chi connectivity index (χ1n) is 9.75. The topological polar surface area (TPSA) is 106 Å². The van der Waals surface area contributed by atoms with Crippen LogP contribution in [0.25, 0.3) is 11.2 Å². The van der Waals surface area contributed by atoms with Gasteiger partial charge in [0.1, 0.15) is 5.75 Å². The molecule has 164 valence electrons. The van der Waals surface area contributed by atoms with Gasteiger partial charge in [0.15, 0.2) is 11.2 Å². The maximum atomic E-state index is 12.7. The second-order valence-electron chi connectivity index (χ2n) is 7.19. The smallest absolute Gasteiger partial charge is 0.329 e. The third kappa shape index (κ3) is 4.09. The summed E-state index contributed by atoms with van der Waals surface area (Å²) in [6, 6.07) is 13.4. The molecule has 4 aromatic rings. The fourth-order valence-corrected chi connectivity index (χ4v) is 3.78. The van der Waals surface area contributed by atoms with Crippen LogP contribution in [0.1, 0.15) is 16.7 Å². The minimum Gasteiger partial charge on any atom is -0.496 e. The summed E-state index contributed by atoms with van der Waals surface area (Å²) in [5, 5.41) is 4.30. The number of nitrogens with one attached hydrogen (secondary N) is 2. The Kier molecular flexibility index (Phi) is 5.95. The van der Waals surface area contributed by atoms with Gasteiger partial charge in [-0.2, -0.15) is 10.1 Å². The molecular weight excluding hydrogens is 476 g/mol. The van der Waals surface area contributed by atoms with Crippen molar-refractivity contribution in [2.75, 3.05) is 12.5 Å². The third-order valence-electron chi connectivity index (χ3n) is 5.16. The van der Waals surface area contributed by atoms with Crippen molar-refractivity contribution in [3.8, 4) is 5.75 Å². The minimum absolute atomic E-state index is 0.269. The second kappa shape index (κ2) is 8.83. The number of imidazole rings is 1. The number of hydrogen-bond acceptors (Lipinski definition) is 6. The van der Waals surface area contributed by atoms with Gasteiger partial charge in [-0.1, -0.05) is 40.2 Å². The molecule has 0 bridgehead atoms. The van der Waals surface area contributed by atoms with Gasteiger partial charge in [-0.15, -0.1) is 0 Å². The number of anilines is 1. The van der Waals surface area contributed by atoms with E-state index in [-0.39, 0.29) is 11.2 Å². The Morgan fingerprint density at radius 2 is 2.03 bits per heavy atom. The molecule has 2 N–H and O–H groups in total. The third-order valence-corrected chi connectivity index (χ3v) is 5.65. The van der Waals surface area contributed by atoms with Gasteiger partial charge in [0.25, 0.3) is 5.56 Å². The average Bonchev–Trinajstić information content (AvgIpc) is 3.13. The molecule has 2 aromatic heterocycles. The maximum Gasteiger partial charge on any atom is 0.329 e. The van der Waals surface area contributed by atoms with Crippen molar-refractivity contribution in [1.29, 1.82) is 0 Å². The Hall–Kier alpha value is -3.66. The first kappa shape index (κ1) is 21.6. The zero-order chi connectivity index (χ0) is 22.8. The number of benzene rings is 2. The first-order chi connectivity index (χ1) is 15.4. The normalized spacial score (nSPS) is 11.4. The Morgan fingerprint density at radius 1 is 1.25 bits per heavy atom. The van der Waals surface area contributed by atoms with E-state index in [1.54, 1.807) is 24.9 Å². The van der Waals surface area contributed by atoms with Gasteiger partial charge in [-0.3, -0.25) is 18.9 Å². The highest BCUT2D eigenvalue weighted by molar-refractivity contribution is 9.10. The van der Waals surface area contributed by atoms with Crippen molar-refractivity contribution < 1.29 is 4.74 Å². The molecule has 0 aliphatic rings. The van der Waals surface area contributed by atoms with Crippen LogP contribution in [0.2, 0.25) is 0 Å². The monoisotopic (exact) mass is 496 g/mol. The highest BCUT2D eigenvalue weighted by Crippen LogP contribution is 2.22. The molecule has 0 unspecified atom stereocenters. The van der Waals surface area contributed by atoms with Crippen LogP contribution < -0.4 is 21.4 Å². The highest BCUT2D eigenvalue weighted by Gasteiger charge is 2.18. The maximum absolute atomic E-state index is 12.7. The molecule has 10 heteroatoms. The summed E-state index contributed by atoms with van der Waals surface area (Å²) < 4.78 is 9.27. The van der Waals surface area contributed by atoms with E-state index in [9.17, 15) is 9.59 Å². The van der Waals surface area contributed by atoms with Gasteiger partial charge < -0.3 is 4.74 Å². The summed E-state index contributed by atoms with van der Waals surface area (Å²) in [6.07, 6.45) is 1.60. The number of aromatic nitrogens is 4. The number of fused-ring (bicyclic) bond motifs is 1. The molecule has 0 atom stereocenters. The van der Waals surface area contributed by atoms with E-state index in [1.165, 1.54) is 4.57 Å². The van der Waals surface area contributed by atoms with Gasteiger partial charge in [0, 0.05) is 17.1 Å². The molecule has 0 spiro atoms. The average molecular weight is 497 g/mol. The molecular formula is C22H21BrN6O3. The van der Waals surface area contributed by atoms with E-state index in [0.29, 0.717) is 18.2 Å². The Bertz CT molecular complexity index is 1450. The summed E-state index contributed by atoms with van der Waals surface area (Å²) in [6.45, 7) is 2.38. The van der Waals surface area contributed by atoms with E-state index in [2.05, 4.69) is 36.4 Å². The summed E-state index contributed by atoms with van der Waals surface area (Å²) in [4.78, 5) is 31.6. The first-order valence-corrected chi connectivity index (χ1v) is 10.5. The lowest BCUT2D eigenvalue weighted by atomic mass is 10.1. The molecule has 0 fully saturated rings. The number of rotatable bonds is 6. The molecule has 0 radical (unpaired) electrons. The van der Waals surface area contributed by atoms with Crippen molar-refractivity contribution in [2.45, 2.75) is 13.5 Å². The molecule has 2 aromatic carbocycles. The number of hydrogen-bond donors (Lipinski definition) is 2. The fourth-order valence-electron chi connectivity index (χ4n) is 3.40. The lowest BCUT2D eigenvalue weighted by Gasteiger charge is -2.10. The number of hydrazone groups is 1. The van der Waals surface area contributed by atoms with Gasteiger partial charge in [0.05, 0.1) is 19.9 Å². The molecule has 0 aliphatic carbocycles. The van der Waals surface area contributed by atoms with Gasteiger partial charge in [0.2, 0.25) is 5.95 Å². The number of nitrogens with zero attached hydrogens (tertiary/aromatic N) is 4. The zero-order valence-corrected chi connectivity index (χ0v) is 19.3. The summed E-state index contributed by atoms with van der Waals surface area (Å²) in [5.74, 6) is 0.992. The van der Waals surface area contributed by atoms with Gasteiger partial charge in [-0.25, -0.2) is 10.2 Å². The fraction of sp³-hybridized carbons (Fsp3) is 0.182. The highest BCUT2D eigenvalue weighted by atomic mass is 79.9. The van der Waals surface area contributed by atoms with Crippen LogP contribution in [0.5, 0.6) is 5.75 Å². The molecule has 32 heavy (non-hydrogen) atoms. The van der Waals surface area contributed by atoms with Crippen LogP contribution in [-0.4, -0.2) is 32.4 Å². The predicted octanol–water partition coefficient (Wildman–Crippen LogP) is 3.00. The lowest BCUT2D eigenvalue weighted by Crippen LogP contribution is -2.29. The van der Waals surface area contributed by atoms with Crippen LogP contribution in [0.15, 0.2) is 61.6 Å². The number of H-pyrrole nitrogens is 1. The van der Waals surface area contributed by atoms with Gasteiger partial charge in [-0.05, 0) is 36.2 Å². The van der Waals surface area contributed by atoms with Crippen LogP contribution in [0, 0.1) is 6.92 Å². The van der Waals surface area contributed by atoms with E-state index < -0.39 is 11.2 Å². The molecule has 4 rings (SSSR count). The SMILES string of the molecule is COc1ccc(Br)cc1/C=N\Nc1nc2c(c(=O)[nH]c(=O)n2C)n1Cc1ccccc1C. The van der Waals surface area contributed by atoms with E-state index in [4.69, 9.17) is 4.74 Å². The van der Waals surface area contributed by atoms with E-state index >= 15 is 0 Å². The van der Waals surface area contributed by atoms with Crippen molar-refractivity contribution in [1.82, 2.24) is 19.1 Å². The van der Waals surface area contributed by atoms with Crippen molar-refractivity contribution in [3.05, 3.63) is 84.5 Å². The number of aryl methyl sites for hydroxylation is 2. The number of ether oxygens (including phenoxy) is 1. The quantitative estimate of drug-likeness (QED) is 0.315. The predicted molar refractivity (Wildman–Crippen MR) is 128 cm³/mol. The molecule has 2 heterocycles. The second-order valence-corrected chi connectivity index (χ2v) is 8.11. The molecule has 0 aliphatic heterocycles. The van der Waals surface area contributed by atoms with Crippen molar-refractivity contribution in [2.24, 2.45) is 12.1 Å². The largest absolute Gasteiger partial charge is 0.496 e. The Balaban J connectivity index is 1.80. The van der Waals surface area contributed by atoms with E-state index in [1.807, 2.05) is 49.4 Å². The Morgan fingerprint density at radius 3 is 2.78 bits per heavy atom. The summed E-state index contributed by atoms with van der Waals surface area (Å²) in [5.41, 5.74) is 5.28. The lowest BCUT2D eigenvalue weighted by molar-refractivity contribution is 0.414. The van der Waals surface area contributed by atoms with Crippen molar-refractivity contribution in [3.63, 3.8) is 0 Å². The molecule has 0 amide bonds. The van der Waals surface area contributed by atoms with Gasteiger partial charge >= 0.3 is 5.69 Å². The van der Waals surface area contributed by atoms with Crippen LogP contribution in [0.4, 0.5) is 5.95 Å². The van der Waals surface area contributed by atoms with Crippen LogP contribution >= 0.6 is 15.9 Å². The number of halogens is 1. The number of aromatic amines is 1. The van der Waals surface area contributed by atoms with E-state index in [0.717, 1.165) is 21.2 Å². The standard InChI is InChI=1S/C22H21BrN6O3/c1-13-6-4-5-7-14(13)12-29-18-19(28(2)22(31)26-20(18)30)25-21(29)27-24-11-15-10-16(23)8-9-17(15)32-3/h4-11H,12H2,1-3H3,(H,25,27)(H,26,30,31)/b24-11-. The molecule has 0 saturated heterocycles. The molecule has 9 nitrogen and oxygen atoms in total. The minimum atomic E-state index is -0.531. The zero-order valence-electron chi connectivity index (χ0n) is 17.7. The Labute approximate surface area is 191 Å². The molecule has 0 saturated carbocycles. The van der Waals surface area contributed by atoms with Crippen LogP contribution in [-0.2, 0) is 13.6 Å². The van der Waals surface area contributed by atoms with Crippen molar-refractivity contribution >= 4 is 39.3 Å².